The molecule has 0 radical (unpaired) electrons. The summed E-state index contributed by atoms with van der Waals surface area (Å²) < 4.78 is 5.10. The first kappa shape index (κ1) is 16.7. The fourth-order valence-corrected chi connectivity index (χ4v) is 2.50. The topological polar surface area (TPSA) is 65.0 Å². The zero-order valence-electron chi connectivity index (χ0n) is 13.1. The Labute approximate surface area is 131 Å². The van der Waals surface area contributed by atoms with Gasteiger partial charge in [0.05, 0.1) is 26.8 Å². The van der Waals surface area contributed by atoms with Crippen molar-refractivity contribution < 1.29 is 14.6 Å². The second-order valence-electron chi connectivity index (χ2n) is 5.47. The molecule has 2 N–H and O–H groups in total. The molecule has 1 aliphatic rings. The van der Waals surface area contributed by atoms with Crippen LogP contribution in [0.25, 0.3) is 0 Å². The molecular weight excluding hydrogens is 282 g/mol. The summed E-state index contributed by atoms with van der Waals surface area (Å²) in [7, 11) is 1.63. The van der Waals surface area contributed by atoms with Gasteiger partial charge in [-0.15, -0.1) is 0 Å². The molecule has 0 unspecified atom stereocenters. The van der Waals surface area contributed by atoms with Gasteiger partial charge in [-0.3, -0.25) is 14.6 Å². The van der Waals surface area contributed by atoms with E-state index in [1.807, 2.05) is 24.3 Å². The van der Waals surface area contributed by atoms with Gasteiger partial charge in [0.2, 0.25) is 5.91 Å². The van der Waals surface area contributed by atoms with Crippen molar-refractivity contribution in [1.29, 1.82) is 0 Å². The van der Waals surface area contributed by atoms with Crippen molar-refractivity contribution in [3.8, 4) is 5.75 Å². The molecule has 0 saturated carbocycles. The average molecular weight is 307 g/mol. The average Bonchev–Trinajstić information content (AvgIpc) is 2.55. The maximum absolute atomic E-state index is 12.0. The fraction of sp³-hybridized carbons (Fsp3) is 0.562. The second kappa shape index (κ2) is 8.73. The Kier molecular flexibility index (Phi) is 6.64. The molecule has 6 nitrogen and oxygen atoms in total. The molecule has 0 atom stereocenters. The number of β-amino-alcohol motifs (C(OH)–C–C–N with tert-alkyl or cyclic N) is 1. The number of carbonyl (C=O) groups excluding carboxylic acids is 1. The maximum atomic E-state index is 12.0. The number of carbonyl (C=O) groups is 1. The third kappa shape index (κ3) is 5.29. The summed E-state index contributed by atoms with van der Waals surface area (Å²) in [5.74, 6) is 0.827. The van der Waals surface area contributed by atoms with E-state index in [9.17, 15) is 4.79 Å². The van der Waals surface area contributed by atoms with Gasteiger partial charge in [0.25, 0.3) is 0 Å². The molecule has 1 aliphatic heterocycles. The first-order valence-corrected chi connectivity index (χ1v) is 7.66. The fourth-order valence-electron chi connectivity index (χ4n) is 2.50. The number of aliphatic hydroxyl groups is 1. The molecule has 1 heterocycles. The summed E-state index contributed by atoms with van der Waals surface area (Å²) in [6, 6.07) is 7.55. The standard InChI is InChI=1S/C16H25N3O3/c1-22-15-4-2-14(3-5-15)12-16(21)17-13-19-8-6-18(7-9-19)10-11-20/h2-5,20H,6-13H2,1H3,(H,17,21). The molecule has 0 spiro atoms. The van der Waals surface area contributed by atoms with Gasteiger partial charge in [0.1, 0.15) is 5.75 Å². The quantitative estimate of drug-likeness (QED) is 0.738. The lowest BCUT2D eigenvalue weighted by molar-refractivity contribution is -0.121. The van der Waals surface area contributed by atoms with Gasteiger partial charge in [0.15, 0.2) is 0 Å². The van der Waals surface area contributed by atoms with E-state index < -0.39 is 0 Å². The van der Waals surface area contributed by atoms with E-state index in [0.29, 0.717) is 13.1 Å². The highest BCUT2D eigenvalue weighted by atomic mass is 16.5. The SMILES string of the molecule is COc1ccc(CC(=O)NCN2CCN(CCO)CC2)cc1. The van der Waals surface area contributed by atoms with Crippen molar-refractivity contribution >= 4 is 5.91 Å². The highest BCUT2D eigenvalue weighted by molar-refractivity contribution is 5.78. The molecule has 22 heavy (non-hydrogen) atoms. The Hall–Kier alpha value is -1.63. The normalized spacial score (nSPS) is 16.5. The number of hydrogen-bond donors (Lipinski definition) is 2. The third-order valence-electron chi connectivity index (χ3n) is 3.90. The molecule has 122 valence electrons. The number of amides is 1. The number of rotatable bonds is 7. The maximum Gasteiger partial charge on any atom is 0.225 e. The van der Waals surface area contributed by atoms with Gasteiger partial charge < -0.3 is 15.2 Å². The summed E-state index contributed by atoms with van der Waals surface area (Å²) >= 11 is 0. The van der Waals surface area contributed by atoms with Crippen LogP contribution >= 0.6 is 0 Å². The number of methoxy groups -OCH3 is 1. The van der Waals surface area contributed by atoms with Crippen molar-refractivity contribution in [2.45, 2.75) is 6.42 Å². The van der Waals surface area contributed by atoms with Crippen molar-refractivity contribution in [3.63, 3.8) is 0 Å². The van der Waals surface area contributed by atoms with E-state index in [4.69, 9.17) is 9.84 Å². The second-order valence-corrected chi connectivity index (χ2v) is 5.47. The van der Waals surface area contributed by atoms with Crippen LogP contribution < -0.4 is 10.1 Å². The highest BCUT2D eigenvalue weighted by Crippen LogP contribution is 2.11. The smallest absolute Gasteiger partial charge is 0.225 e. The number of piperazine rings is 1. The predicted molar refractivity (Wildman–Crippen MR) is 84.8 cm³/mol. The largest absolute Gasteiger partial charge is 0.497 e. The molecule has 6 heteroatoms. The number of ether oxygens (including phenoxy) is 1. The molecule has 1 aromatic carbocycles. The van der Waals surface area contributed by atoms with Gasteiger partial charge in [0, 0.05) is 32.7 Å². The Morgan fingerprint density at radius 2 is 1.82 bits per heavy atom. The van der Waals surface area contributed by atoms with Crippen molar-refractivity contribution in [3.05, 3.63) is 29.8 Å². The summed E-state index contributed by atoms with van der Waals surface area (Å²) in [6.45, 7) is 5.24. The molecule has 2 rings (SSSR count). The number of nitrogens with zero attached hydrogens (tertiary/aromatic N) is 2. The molecule has 1 aromatic rings. The van der Waals surface area contributed by atoms with Crippen LogP contribution in [0.1, 0.15) is 5.56 Å². The molecule has 1 saturated heterocycles. The van der Waals surface area contributed by atoms with Crippen LogP contribution in [-0.4, -0.2) is 73.9 Å². The molecule has 0 aliphatic carbocycles. The van der Waals surface area contributed by atoms with Gasteiger partial charge in [-0.2, -0.15) is 0 Å². The van der Waals surface area contributed by atoms with E-state index in [0.717, 1.165) is 44.0 Å². The Bertz CT molecular complexity index is 456. The zero-order valence-corrected chi connectivity index (χ0v) is 13.1. The minimum Gasteiger partial charge on any atom is -0.497 e. The van der Waals surface area contributed by atoms with Crippen LogP contribution in [0.15, 0.2) is 24.3 Å². The van der Waals surface area contributed by atoms with Crippen molar-refractivity contribution in [2.75, 3.05) is 53.1 Å². The monoisotopic (exact) mass is 307 g/mol. The minimum atomic E-state index is 0.0305. The van der Waals surface area contributed by atoms with E-state index in [2.05, 4.69) is 15.1 Å². The Morgan fingerprint density at radius 3 is 2.41 bits per heavy atom. The molecule has 1 fully saturated rings. The Morgan fingerprint density at radius 1 is 1.18 bits per heavy atom. The van der Waals surface area contributed by atoms with E-state index in [1.165, 1.54) is 0 Å². The summed E-state index contributed by atoms with van der Waals surface area (Å²) in [5.41, 5.74) is 0.978. The minimum absolute atomic E-state index is 0.0305. The molecule has 0 aromatic heterocycles. The summed E-state index contributed by atoms with van der Waals surface area (Å²) in [5, 5.41) is 11.9. The zero-order chi connectivity index (χ0) is 15.8. The van der Waals surface area contributed by atoms with Crippen LogP contribution in [-0.2, 0) is 11.2 Å². The van der Waals surface area contributed by atoms with Crippen LogP contribution in [0.3, 0.4) is 0 Å². The Balaban J connectivity index is 1.67. The van der Waals surface area contributed by atoms with E-state index in [-0.39, 0.29) is 12.5 Å². The molecule has 1 amide bonds. The van der Waals surface area contributed by atoms with Gasteiger partial charge in [-0.25, -0.2) is 0 Å². The lowest BCUT2D eigenvalue weighted by Gasteiger charge is -2.34. The van der Waals surface area contributed by atoms with Gasteiger partial charge in [-0.05, 0) is 17.7 Å². The predicted octanol–water partition coefficient (Wildman–Crippen LogP) is -0.0787. The van der Waals surface area contributed by atoms with E-state index >= 15 is 0 Å². The van der Waals surface area contributed by atoms with E-state index in [1.54, 1.807) is 7.11 Å². The van der Waals surface area contributed by atoms with Gasteiger partial charge >= 0.3 is 0 Å². The first-order chi connectivity index (χ1) is 10.7. The lowest BCUT2D eigenvalue weighted by atomic mass is 10.1. The molecular formula is C16H25N3O3. The summed E-state index contributed by atoms with van der Waals surface area (Å²) in [4.78, 5) is 16.4. The van der Waals surface area contributed by atoms with Crippen molar-refractivity contribution in [1.82, 2.24) is 15.1 Å². The van der Waals surface area contributed by atoms with Crippen LogP contribution in [0.2, 0.25) is 0 Å². The third-order valence-corrected chi connectivity index (χ3v) is 3.90. The highest BCUT2D eigenvalue weighted by Gasteiger charge is 2.16. The van der Waals surface area contributed by atoms with Crippen LogP contribution in [0.4, 0.5) is 0 Å². The first-order valence-electron chi connectivity index (χ1n) is 7.66. The van der Waals surface area contributed by atoms with Crippen LogP contribution in [0, 0.1) is 0 Å². The van der Waals surface area contributed by atoms with Gasteiger partial charge in [-0.1, -0.05) is 12.1 Å². The molecule has 0 bridgehead atoms. The number of benzene rings is 1. The number of aliphatic hydroxyl groups excluding tert-OH is 1. The lowest BCUT2D eigenvalue weighted by Crippen LogP contribution is -2.50. The van der Waals surface area contributed by atoms with Crippen LogP contribution in [0.5, 0.6) is 5.75 Å². The van der Waals surface area contributed by atoms with Crippen molar-refractivity contribution in [2.24, 2.45) is 0 Å². The number of nitrogens with one attached hydrogen (secondary N) is 1. The number of hydrogen-bond acceptors (Lipinski definition) is 5. The summed E-state index contributed by atoms with van der Waals surface area (Å²) in [6.07, 6.45) is 0.383.